The van der Waals surface area contributed by atoms with E-state index in [0.29, 0.717) is 12.5 Å². The lowest BCUT2D eigenvalue weighted by Gasteiger charge is -2.13. The molecule has 3 N–H and O–H groups in total. The fourth-order valence-electron chi connectivity index (χ4n) is 2.93. The molecule has 2 aromatic heterocycles. The Morgan fingerprint density at radius 3 is 2.76 bits per heavy atom. The van der Waals surface area contributed by atoms with Gasteiger partial charge in [-0.25, -0.2) is 4.99 Å². The summed E-state index contributed by atoms with van der Waals surface area (Å²) in [6.45, 7) is 3.65. The summed E-state index contributed by atoms with van der Waals surface area (Å²) in [6.07, 6.45) is 2.94. The highest BCUT2D eigenvalue weighted by molar-refractivity contribution is 14.0. The van der Waals surface area contributed by atoms with Crippen molar-refractivity contribution in [2.45, 2.75) is 19.9 Å². The van der Waals surface area contributed by atoms with Gasteiger partial charge in [0.15, 0.2) is 5.96 Å². The summed E-state index contributed by atoms with van der Waals surface area (Å²) in [5.41, 5.74) is 3.71. The summed E-state index contributed by atoms with van der Waals surface area (Å²) in [6, 6.07) is 10.5. The maximum Gasteiger partial charge on any atom is 0.243 e. The van der Waals surface area contributed by atoms with Crippen LogP contribution in [0.5, 0.6) is 0 Å². The smallest absolute Gasteiger partial charge is 0.243 e. The number of hydrogen-bond donors (Lipinski definition) is 3. The van der Waals surface area contributed by atoms with Gasteiger partial charge in [-0.05, 0) is 35.9 Å². The second kappa shape index (κ2) is 11.2. The molecule has 1 amide bonds. The first-order chi connectivity index (χ1) is 13.5. The maximum absolute atomic E-state index is 11.9. The summed E-state index contributed by atoms with van der Waals surface area (Å²) in [7, 11) is 3.48. The number of likely N-dealkylation sites (N-methyl/N-ethyl adjacent to an activating group) is 1. The van der Waals surface area contributed by atoms with Crippen molar-refractivity contribution in [3.63, 3.8) is 0 Å². The molecule has 0 spiro atoms. The number of rotatable bonds is 7. The van der Waals surface area contributed by atoms with Gasteiger partial charge in [0, 0.05) is 42.6 Å². The Bertz CT molecular complexity index is 949. The maximum atomic E-state index is 11.9. The van der Waals surface area contributed by atoms with Crippen molar-refractivity contribution in [3.05, 3.63) is 57.9 Å². The average Bonchev–Trinajstić information content (AvgIpc) is 3.34. The predicted molar refractivity (Wildman–Crippen MR) is 132 cm³/mol. The monoisotopic (exact) mass is 525 g/mol. The van der Waals surface area contributed by atoms with Gasteiger partial charge in [0.2, 0.25) is 5.91 Å². The minimum atomic E-state index is -0.0238. The number of aliphatic imine (C=N–C) groups is 1. The fourth-order valence-corrected chi connectivity index (χ4v) is 3.58. The largest absolute Gasteiger partial charge is 0.361 e. The second-order valence-electron chi connectivity index (χ2n) is 6.87. The Hall–Kier alpha value is -2.07. The Morgan fingerprint density at radius 2 is 2.03 bits per heavy atom. The molecule has 0 unspecified atom stereocenters. The summed E-state index contributed by atoms with van der Waals surface area (Å²) >= 11 is 1.69. The highest BCUT2D eigenvalue weighted by Crippen LogP contribution is 2.21. The van der Waals surface area contributed by atoms with Gasteiger partial charge in [-0.3, -0.25) is 4.79 Å². The van der Waals surface area contributed by atoms with E-state index in [1.807, 2.05) is 6.07 Å². The molecule has 0 aliphatic heterocycles. The van der Waals surface area contributed by atoms with E-state index in [1.54, 1.807) is 30.3 Å². The molecule has 0 fully saturated rings. The van der Waals surface area contributed by atoms with E-state index < -0.39 is 0 Å². The highest BCUT2D eigenvalue weighted by Gasteiger charge is 2.07. The number of amides is 1. The van der Waals surface area contributed by atoms with Crippen molar-refractivity contribution in [3.8, 4) is 0 Å². The van der Waals surface area contributed by atoms with Gasteiger partial charge in [-0.1, -0.05) is 24.3 Å². The number of para-hydroxylation sites is 1. The molecular formula is C21H28IN5OS. The van der Waals surface area contributed by atoms with Crippen LogP contribution in [0, 0.1) is 6.92 Å². The quantitative estimate of drug-likeness (QED) is 0.251. The van der Waals surface area contributed by atoms with Crippen LogP contribution in [0.3, 0.4) is 0 Å². The van der Waals surface area contributed by atoms with Crippen LogP contribution in [0.15, 0.2) is 46.9 Å². The SMILES string of the molecule is Cc1cccc2c(CCNC(=NCC(=O)N(C)C)NCc3cccs3)c[nH]c12.I. The summed E-state index contributed by atoms with van der Waals surface area (Å²) in [5, 5.41) is 9.98. The van der Waals surface area contributed by atoms with Crippen molar-refractivity contribution < 1.29 is 4.79 Å². The zero-order valence-corrected chi connectivity index (χ0v) is 20.1. The van der Waals surface area contributed by atoms with E-state index in [9.17, 15) is 4.79 Å². The Balaban J connectivity index is 0.00000300. The first-order valence-corrected chi connectivity index (χ1v) is 10.2. The van der Waals surface area contributed by atoms with Gasteiger partial charge >= 0.3 is 0 Å². The molecule has 0 saturated heterocycles. The lowest BCUT2D eigenvalue weighted by Crippen LogP contribution is -2.39. The van der Waals surface area contributed by atoms with Crippen LogP contribution >= 0.6 is 35.3 Å². The molecule has 0 bridgehead atoms. The number of halogens is 1. The van der Waals surface area contributed by atoms with E-state index in [4.69, 9.17) is 0 Å². The van der Waals surface area contributed by atoms with E-state index in [2.05, 4.69) is 63.4 Å². The first kappa shape index (κ1) is 23.2. The van der Waals surface area contributed by atoms with Crippen LogP contribution in [0.4, 0.5) is 0 Å². The van der Waals surface area contributed by atoms with Crippen LogP contribution in [0.2, 0.25) is 0 Å². The minimum absolute atomic E-state index is 0. The van der Waals surface area contributed by atoms with Crippen molar-refractivity contribution in [2.24, 2.45) is 4.99 Å². The molecule has 0 aliphatic rings. The average molecular weight is 525 g/mol. The number of fused-ring (bicyclic) bond motifs is 1. The lowest BCUT2D eigenvalue weighted by molar-refractivity contribution is -0.127. The standard InChI is InChI=1S/C21H27N5OS.HI/c1-15-6-4-8-18-16(12-23-20(15)18)9-10-22-21(25-14-19(27)26(2)3)24-13-17-7-5-11-28-17;/h4-8,11-12,23H,9-10,13-14H2,1-3H3,(H2,22,24,25);1H. The van der Waals surface area contributed by atoms with Gasteiger partial charge in [0.1, 0.15) is 6.54 Å². The number of nitrogens with one attached hydrogen (secondary N) is 3. The lowest BCUT2D eigenvalue weighted by atomic mass is 10.1. The number of guanidine groups is 1. The van der Waals surface area contributed by atoms with E-state index in [1.165, 1.54) is 26.9 Å². The van der Waals surface area contributed by atoms with E-state index in [0.717, 1.165) is 13.0 Å². The van der Waals surface area contributed by atoms with Crippen LogP contribution < -0.4 is 10.6 Å². The minimum Gasteiger partial charge on any atom is -0.361 e. The van der Waals surface area contributed by atoms with Crippen molar-refractivity contribution >= 4 is 58.1 Å². The van der Waals surface area contributed by atoms with Crippen LogP contribution in [-0.2, 0) is 17.8 Å². The normalized spacial score (nSPS) is 11.2. The number of thiophene rings is 1. The summed E-state index contributed by atoms with van der Waals surface area (Å²) < 4.78 is 0. The third-order valence-electron chi connectivity index (χ3n) is 4.58. The topological polar surface area (TPSA) is 72.5 Å². The van der Waals surface area contributed by atoms with Crippen molar-refractivity contribution in [1.82, 2.24) is 20.5 Å². The van der Waals surface area contributed by atoms with Gasteiger partial charge < -0.3 is 20.5 Å². The van der Waals surface area contributed by atoms with Gasteiger partial charge in [0.05, 0.1) is 6.54 Å². The van der Waals surface area contributed by atoms with Crippen LogP contribution in [0.1, 0.15) is 16.0 Å². The molecule has 156 valence electrons. The number of benzene rings is 1. The highest BCUT2D eigenvalue weighted by atomic mass is 127. The van der Waals surface area contributed by atoms with Gasteiger partial charge in [0.25, 0.3) is 0 Å². The molecule has 0 aliphatic carbocycles. The number of H-pyrrole nitrogens is 1. The number of aromatic amines is 1. The molecule has 0 saturated carbocycles. The summed E-state index contributed by atoms with van der Waals surface area (Å²) in [4.78, 5) is 22.5. The molecule has 29 heavy (non-hydrogen) atoms. The molecule has 3 aromatic rings. The third-order valence-corrected chi connectivity index (χ3v) is 5.45. The zero-order valence-electron chi connectivity index (χ0n) is 17.0. The fraction of sp³-hybridized carbons (Fsp3) is 0.333. The first-order valence-electron chi connectivity index (χ1n) is 9.35. The molecule has 3 rings (SSSR count). The Labute approximate surface area is 192 Å². The molecular weight excluding hydrogens is 497 g/mol. The number of aryl methyl sites for hydroxylation is 1. The molecule has 0 atom stereocenters. The number of carbonyl (C=O) groups excluding carboxylic acids is 1. The van der Waals surface area contributed by atoms with Gasteiger partial charge in [-0.15, -0.1) is 35.3 Å². The van der Waals surface area contributed by atoms with E-state index in [-0.39, 0.29) is 36.4 Å². The van der Waals surface area contributed by atoms with Crippen molar-refractivity contribution in [2.75, 3.05) is 27.2 Å². The Kier molecular flexibility index (Phi) is 8.97. The van der Waals surface area contributed by atoms with E-state index >= 15 is 0 Å². The molecule has 6 nitrogen and oxygen atoms in total. The zero-order chi connectivity index (χ0) is 19.9. The molecule has 8 heteroatoms. The molecule has 0 radical (unpaired) electrons. The molecule has 2 heterocycles. The van der Waals surface area contributed by atoms with Crippen molar-refractivity contribution in [1.29, 1.82) is 0 Å². The predicted octanol–water partition coefficient (Wildman–Crippen LogP) is 3.52. The van der Waals surface area contributed by atoms with Crippen LogP contribution in [-0.4, -0.2) is 48.9 Å². The number of hydrogen-bond acceptors (Lipinski definition) is 3. The molecule has 1 aromatic carbocycles. The number of carbonyl (C=O) groups is 1. The third kappa shape index (κ3) is 6.46. The van der Waals surface area contributed by atoms with Gasteiger partial charge in [-0.2, -0.15) is 0 Å². The summed E-state index contributed by atoms with van der Waals surface area (Å²) in [5.74, 6) is 0.629. The Morgan fingerprint density at radius 1 is 1.21 bits per heavy atom. The number of nitrogens with zero attached hydrogens (tertiary/aromatic N) is 2. The number of aromatic nitrogens is 1. The second-order valence-corrected chi connectivity index (χ2v) is 7.91. The van der Waals surface area contributed by atoms with Crippen LogP contribution in [0.25, 0.3) is 10.9 Å².